The number of hydrogen-bond acceptors (Lipinski definition) is 4. The van der Waals surface area contributed by atoms with Gasteiger partial charge >= 0.3 is 0 Å². The third-order valence-corrected chi connectivity index (χ3v) is 5.21. The van der Waals surface area contributed by atoms with E-state index in [0.717, 1.165) is 29.5 Å². The summed E-state index contributed by atoms with van der Waals surface area (Å²) in [5, 5.41) is 3.78. The van der Waals surface area contributed by atoms with E-state index in [1.54, 1.807) is 12.1 Å². The Hall–Kier alpha value is -1.34. The van der Waals surface area contributed by atoms with Gasteiger partial charge in [0.15, 0.2) is 11.5 Å². The normalized spacial score (nSPS) is 11.1. The van der Waals surface area contributed by atoms with Gasteiger partial charge in [-0.15, -0.1) is 0 Å². The molecule has 0 aromatic heterocycles. The smallest absolute Gasteiger partial charge is 0.162 e. The Balaban J connectivity index is 2.07. The average Bonchev–Trinajstić information content (AvgIpc) is 2.63. The Kier molecular flexibility index (Phi) is 9.51. The van der Waals surface area contributed by atoms with Gasteiger partial charge in [0.2, 0.25) is 0 Å². The van der Waals surface area contributed by atoms with Gasteiger partial charge in [-0.2, -0.15) is 0 Å². The molecular weight excluding hydrogens is 447 g/mol. The maximum atomic E-state index is 14.0. The molecule has 7 heteroatoms. The van der Waals surface area contributed by atoms with Crippen LogP contribution in [0, 0.1) is 5.82 Å². The molecule has 0 amide bonds. The monoisotopic (exact) mass is 472 g/mol. The first-order valence-corrected chi connectivity index (χ1v) is 10.5. The average molecular weight is 474 g/mol. The highest BCUT2D eigenvalue weighted by atomic mass is 79.9. The first-order chi connectivity index (χ1) is 13.4. The first-order valence-electron chi connectivity index (χ1n) is 9.28. The molecule has 0 unspecified atom stereocenters. The second-order valence-corrected chi connectivity index (χ2v) is 7.91. The molecule has 154 valence electrons. The number of halogens is 3. The highest BCUT2D eigenvalue weighted by molar-refractivity contribution is 9.10. The van der Waals surface area contributed by atoms with E-state index < -0.39 is 0 Å². The largest absolute Gasteiger partial charge is 0.490 e. The van der Waals surface area contributed by atoms with Crippen molar-refractivity contribution in [3.8, 4) is 11.5 Å². The van der Waals surface area contributed by atoms with Crippen LogP contribution in [0.25, 0.3) is 0 Å². The minimum atomic E-state index is -0.386. The minimum Gasteiger partial charge on any atom is -0.490 e. The van der Waals surface area contributed by atoms with Gasteiger partial charge in [0.1, 0.15) is 12.4 Å². The molecule has 1 N–H and O–H groups in total. The van der Waals surface area contributed by atoms with Gasteiger partial charge < -0.3 is 19.7 Å². The third kappa shape index (κ3) is 6.92. The van der Waals surface area contributed by atoms with Crippen molar-refractivity contribution in [3.63, 3.8) is 0 Å². The molecule has 2 aromatic rings. The SMILES string of the molecule is CCOc1cc(CNCCCN(C)C)c(Br)cc1OCc1c(F)cccc1Cl. The molecule has 28 heavy (non-hydrogen) atoms. The summed E-state index contributed by atoms with van der Waals surface area (Å²) in [6.07, 6.45) is 1.08. The molecule has 2 rings (SSSR count). The Labute approximate surface area is 180 Å². The topological polar surface area (TPSA) is 33.7 Å². The summed E-state index contributed by atoms with van der Waals surface area (Å²) in [4.78, 5) is 2.17. The lowest BCUT2D eigenvalue weighted by molar-refractivity contribution is 0.265. The zero-order valence-corrected chi connectivity index (χ0v) is 18.9. The van der Waals surface area contributed by atoms with Crippen LogP contribution in [0.4, 0.5) is 4.39 Å². The van der Waals surface area contributed by atoms with Crippen molar-refractivity contribution in [2.24, 2.45) is 0 Å². The molecule has 0 saturated heterocycles. The van der Waals surface area contributed by atoms with Crippen molar-refractivity contribution >= 4 is 27.5 Å². The van der Waals surface area contributed by atoms with E-state index in [0.29, 0.717) is 35.2 Å². The fourth-order valence-electron chi connectivity index (χ4n) is 2.66. The van der Waals surface area contributed by atoms with Crippen molar-refractivity contribution in [3.05, 3.63) is 56.8 Å². The number of ether oxygens (including phenoxy) is 2. The molecule has 4 nitrogen and oxygen atoms in total. The van der Waals surface area contributed by atoms with Crippen molar-refractivity contribution < 1.29 is 13.9 Å². The number of hydrogen-bond donors (Lipinski definition) is 1. The minimum absolute atomic E-state index is 0.0279. The van der Waals surface area contributed by atoms with Gasteiger partial charge in [0.25, 0.3) is 0 Å². The van der Waals surface area contributed by atoms with Crippen molar-refractivity contribution in [2.45, 2.75) is 26.5 Å². The van der Waals surface area contributed by atoms with Gasteiger partial charge in [-0.1, -0.05) is 33.6 Å². The molecule has 0 aliphatic rings. The van der Waals surface area contributed by atoms with Crippen LogP contribution < -0.4 is 14.8 Å². The summed E-state index contributed by atoms with van der Waals surface area (Å²) in [6, 6.07) is 8.40. The number of nitrogens with one attached hydrogen (secondary N) is 1. The van der Waals surface area contributed by atoms with E-state index >= 15 is 0 Å². The third-order valence-electron chi connectivity index (χ3n) is 4.12. The molecule has 0 bridgehead atoms. The molecule has 0 atom stereocenters. The molecule has 0 fully saturated rings. The van der Waals surface area contributed by atoms with Crippen molar-refractivity contribution in [2.75, 3.05) is 33.8 Å². The molecule has 0 aliphatic carbocycles. The standard InChI is InChI=1S/C21H27BrClFN2O2/c1-4-27-20-11-15(13-25-9-6-10-26(2)3)17(22)12-21(20)28-14-16-18(23)7-5-8-19(16)24/h5,7-8,11-12,25H,4,6,9-10,13-14H2,1-3H3. The zero-order valence-electron chi connectivity index (χ0n) is 16.5. The van der Waals surface area contributed by atoms with Crippen LogP contribution in [0.1, 0.15) is 24.5 Å². The van der Waals surface area contributed by atoms with Crippen LogP contribution in [0.3, 0.4) is 0 Å². The molecule has 2 aromatic carbocycles. The van der Waals surface area contributed by atoms with Crippen molar-refractivity contribution in [1.29, 1.82) is 0 Å². The summed E-state index contributed by atoms with van der Waals surface area (Å²) in [5.41, 5.74) is 1.40. The summed E-state index contributed by atoms with van der Waals surface area (Å²) in [6.45, 7) is 5.14. The van der Waals surface area contributed by atoms with Crippen LogP contribution in [0.5, 0.6) is 11.5 Å². The van der Waals surface area contributed by atoms with Crippen LogP contribution in [-0.4, -0.2) is 38.7 Å². The van der Waals surface area contributed by atoms with E-state index in [9.17, 15) is 4.39 Å². The van der Waals surface area contributed by atoms with E-state index in [2.05, 4.69) is 40.2 Å². The van der Waals surface area contributed by atoms with Crippen LogP contribution in [0.2, 0.25) is 5.02 Å². The van der Waals surface area contributed by atoms with Gasteiger partial charge in [0, 0.05) is 16.6 Å². The molecule has 0 heterocycles. The summed E-state index contributed by atoms with van der Waals surface area (Å²) < 4.78 is 26.5. The van der Waals surface area contributed by atoms with Gasteiger partial charge in [0.05, 0.1) is 11.6 Å². The Morgan fingerprint density at radius 3 is 2.61 bits per heavy atom. The van der Waals surface area contributed by atoms with Gasteiger partial charge in [-0.3, -0.25) is 0 Å². The number of nitrogens with zero attached hydrogens (tertiary/aromatic N) is 1. The quantitative estimate of drug-likeness (QED) is 0.451. The zero-order chi connectivity index (χ0) is 20.5. The van der Waals surface area contributed by atoms with Crippen LogP contribution in [0.15, 0.2) is 34.8 Å². The molecule has 0 saturated carbocycles. The Bertz CT molecular complexity index is 754. The lowest BCUT2D eigenvalue weighted by atomic mass is 10.2. The predicted octanol–water partition coefficient (Wildman–Crippen LogP) is 5.26. The number of benzene rings is 2. The second-order valence-electron chi connectivity index (χ2n) is 6.65. The Morgan fingerprint density at radius 1 is 1.18 bits per heavy atom. The second kappa shape index (κ2) is 11.6. The van der Waals surface area contributed by atoms with E-state index in [4.69, 9.17) is 21.1 Å². The summed E-state index contributed by atoms with van der Waals surface area (Å²) in [5.74, 6) is 0.788. The van der Waals surface area contributed by atoms with Crippen LogP contribution >= 0.6 is 27.5 Å². The fourth-order valence-corrected chi connectivity index (χ4v) is 3.34. The highest BCUT2D eigenvalue weighted by Gasteiger charge is 2.13. The Morgan fingerprint density at radius 2 is 1.93 bits per heavy atom. The van der Waals surface area contributed by atoms with Gasteiger partial charge in [-0.05, 0) is 70.4 Å². The first kappa shape index (κ1) is 22.9. The molecule has 0 aliphatic heterocycles. The molecular formula is C21H27BrClFN2O2. The predicted molar refractivity (Wildman–Crippen MR) is 116 cm³/mol. The fraction of sp³-hybridized carbons (Fsp3) is 0.429. The van der Waals surface area contributed by atoms with Gasteiger partial charge in [-0.25, -0.2) is 4.39 Å². The maximum Gasteiger partial charge on any atom is 0.162 e. The summed E-state index contributed by atoms with van der Waals surface area (Å²) in [7, 11) is 4.14. The molecule has 0 radical (unpaired) electrons. The van der Waals surface area contributed by atoms with E-state index in [1.807, 2.05) is 19.1 Å². The lowest BCUT2D eigenvalue weighted by Crippen LogP contribution is -2.21. The highest BCUT2D eigenvalue weighted by Crippen LogP contribution is 2.35. The van der Waals surface area contributed by atoms with E-state index in [1.165, 1.54) is 6.07 Å². The maximum absolute atomic E-state index is 14.0. The molecule has 0 spiro atoms. The lowest BCUT2D eigenvalue weighted by Gasteiger charge is -2.16. The van der Waals surface area contributed by atoms with E-state index in [-0.39, 0.29) is 12.4 Å². The van der Waals surface area contributed by atoms with Crippen molar-refractivity contribution in [1.82, 2.24) is 10.2 Å². The summed E-state index contributed by atoms with van der Waals surface area (Å²) >= 11 is 9.68. The van der Waals surface area contributed by atoms with Crippen LogP contribution in [-0.2, 0) is 13.2 Å². The number of rotatable bonds is 11.